The van der Waals surface area contributed by atoms with Crippen molar-refractivity contribution in [1.29, 1.82) is 0 Å². The van der Waals surface area contributed by atoms with Gasteiger partial charge in [0.1, 0.15) is 5.82 Å². The number of carbonyl (C=O) groups excluding carboxylic acids is 1. The maximum Gasteiger partial charge on any atom is 0.250 e. The fourth-order valence-corrected chi connectivity index (χ4v) is 1.99. The molecule has 0 atom stereocenters. The lowest BCUT2D eigenvalue weighted by molar-refractivity contribution is -0.115. The van der Waals surface area contributed by atoms with Gasteiger partial charge in [-0.05, 0) is 55.0 Å². The van der Waals surface area contributed by atoms with E-state index < -0.39 is 0 Å². The van der Waals surface area contributed by atoms with Gasteiger partial charge < -0.3 is 5.32 Å². The summed E-state index contributed by atoms with van der Waals surface area (Å²) in [4.78, 5) is 16.0. The fraction of sp³-hybridized carbons (Fsp3) is 0.0625. The lowest BCUT2D eigenvalue weighted by Crippen LogP contribution is -2.33. The summed E-state index contributed by atoms with van der Waals surface area (Å²) in [5.41, 5.74) is 1.74. The monoisotopic (exact) mass is 331 g/mol. The summed E-state index contributed by atoms with van der Waals surface area (Å²) < 4.78 is 0. The number of nitrogens with zero attached hydrogens (tertiary/aromatic N) is 1. The maximum absolute atomic E-state index is 11.8. The zero-order chi connectivity index (χ0) is 15.9. The molecule has 0 aliphatic heterocycles. The minimum Gasteiger partial charge on any atom is -0.317 e. The van der Waals surface area contributed by atoms with Gasteiger partial charge in [-0.15, -0.1) is 0 Å². The first-order chi connectivity index (χ1) is 10.5. The predicted molar refractivity (Wildman–Crippen MR) is 93.8 cm³/mol. The van der Waals surface area contributed by atoms with Crippen LogP contribution in [-0.2, 0) is 4.79 Å². The minimum absolute atomic E-state index is 0.198. The number of hydrogen-bond acceptors (Lipinski definition) is 3. The van der Waals surface area contributed by atoms with Crippen molar-refractivity contribution in [2.24, 2.45) is 0 Å². The molecule has 0 bridgehead atoms. The highest BCUT2D eigenvalue weighted by Crippen LogP contribution is 2.10. The molecule has 0 radical (unpaired) electrons. The van der Waals surface area contributed by atoms with Gasteiger partial charge in [0.2, 0.25) is 5.91 Å². The highest BCUT2D eigenvalue weighted by Gasteiger charge is 2.02. The Kier molecular flexibility index (Phi) is 5.63. The van der Waals surface area contributed by atoms with Gasteiger partial charge in [-0.1, -0.05) is 29.8 Å². The van der Waals surface area contributed by atoms with Crippen LogP contribution in [0.4, 0.5) is 5.82 Å². The number of pyridine rings is 1. The van der Waals surface area contributed by atoms with Gasteiger partial charge in [-0.25, -0.2) is 4.98 Å². The number of aromatic nitrogens is 1. The Bertz CT molecular complexity index is 714. The third kappa shape index (κ3) is 5.27. The summed E-state index contributed by atoms with van der Waals surface area (Å²) in [5.74, 6) is 0.270. The Morgan fingerprint density at radius 3 is 2.64 bits per heavy atom. The zero-order valence-electron chi connectivity index (χ0n) is 11.8. The number of rotatable bonds is 3. The first kappa shape index (κ1) is 16.1. The first-order valence-corrected chi connectivity index (χ1v) is 7.31. The van der Waals surface area contributed by atoms with Gasteiger partial charge >= 0.3 is 0 Å². The number of nitrogens with one attached hydrogen (secondary N) is 2. The van der Waals surface area contributed by atoms with E-state index in [2.05, 4.69) is 15.6 Å². The quantitative estimate of drug-likeness (QED) is 0.667. The standard InChI is InChI=1S/C16H14ClN3OS/c1-11-3-2-4-14(18-11)19-16(22)20-15(21)10-7-12-5-8-13(17)9-6-12/h2-10H,1H3,(H2,18,19,20,21,22)/b10-7+. The molecule has 2 aromatic rings. The van der Waals surface area contributed by atoms with E-state index in [-0.39, 0.29) is 11.0 Å². The second-order valence-corrected chi connectivity index (χ2v) is 5.34. The smallest absolute Gasteiger partial charge is 0.250 e. The molecule has 0 aliphatic carbocycles. The maximum atomic E-state index is 11.8. The van der Waals surface area contributed by atoms with Crippen molar-refractivity contribution in [3.63, 3.8) is 0 Å². The summed E-state index contributed by atoms with van der Waals surface area (Å²) in [7, 11) is 0. The predicted octanol–water partition coefficient (Wildman–Crippen LogP) is 3.57. The number of hydrogen-bond donors (Lipinski definition) is 2. The van der Waals surface area contributed by atoms with Gasteiger partial charge in [0.25, 0.3) is 0 Å². The van der Waals surface area contributed by atoms with Crippen LogP contribution in [0.3, 0.4) is 0 Å². The SMILES string of the molecule is Cc1cccc(NC(=S)NC(=O)/C=C/c2ccc(Cl)cc2)n1. The Balaban J connectivity index is 1.88. The van der Waals surface area contributed by atoms with E-state index in [1.54, 1.807) is 24.3 Å². The molecule has 0 saturated heterocycles. The van der Waals surface area contributed by atoms with E-state index in [0.29, 0.717) is 10.8 Å². The third-order valence-corrected chi connectivity index (χ3v) is 3.12. The molecule has 2 rings (SSSR count). The Morgan fingerprint density at radius 1 is 1.23 bits per heavy atom. The molecule has 0 saturated carbocycles. The number of halogens is 1. The van der Waals surface area contributed by atoms with E-state index in [4.69, 9.17) is 23.8 Å². The molecule has 0 unspecified atom stereocenters. The fourth-order valence-electron chi connectivity index (χ4n) is 1.66. The Hall–Kier alpha value is -2.24. The Labute approximate surface area is 139 Å². The summed E-state index contributed by atoms with van der Waals surface area (Å²) in [5, 5.41) is 6.26. The lowest BCUT2D eigenvalue weighted by Gasteiger charge is -2.07. The molecule has 2 N–H and O–H groups in total. The Morgan fingerprint density at radius 2 is 1.95 bits per heavy atom. The van der Waals surface area contributed by atoms with Crippen molar-refractivity contribution < 1.29 is 4.79 Å². The molecule has 1 amide bonds. The highest BCUT2D eigenvalue weighted by atomic mass is 35.5. The number of anilines is 1. The van der Waals surface area contributed by atoms with Crippen molar-refractivity contribution in [3.8, 4) is 0 Å². The first-order valence-electron chi connectivity index (χ1n) is 6.52. The third-order valence-electron chi connectivity index (χ3n) is 2.66. The number of aryl methyl sites for hydroxylation is 1. The minimum atomic E-state index is -0.319. The van der Waals surface area contributed by atoms with Gasteiger partial charge in [0.15, 0.2) is 5.11 Å². The second-order valence-electron chi connectivity index (χ2n) is 4.49. The molecule has 4 nitrogen and oxygen atoms in total. The molecule has 1 heterocycles. The molecule has 1 aromatic heterocycles. The van der Waals surface area contributed by atoms with Crippen molar-refractivity contribution in [1.82, 2.24) is 10.3 Å². The lowest BCUT2D eigenvalue weighted by atomic mass is 10.2. The van der Waals surface area contributed by atoms with Crippen LogP contribution in [-0.4, -0.2) is 16.0 Å². The average molecular weight is 332 g/mol. The summed E-state index contributed by atoms with van der Waals surface area (Å²) in [6.45, 7) is 1.88. The summed E-state index contributed by atoms with van der Waals surface area (Å²) >= 11 is 10.9. The van der Waals surface area contributed by atoms with E-state index in [1.165, 1.54) is 6.08 Å². The van der Waals surface area contributed by atoms with Gasteiger partial charge in [-0.3, -0.25) is 10.1 Å². The molecular formula is C16H14ClN3OS. The van der Waals surface area contributed by atoms with Crippen molar-refractivity contribution in [3.05, 3.63) is 64.8 Å². The average Bonchev–Trinajstić information content (AvgIpc) is 2.46. The van der Waals surface area contributed by atoms with Crippen LogP contribution < -0.4 is 10.6 Å². The molecule has 1 aromatic carbocycles. The molecule has 0 fully saturated rings. The number of amides is 1. The van der Waals surface area contributed by atoms with Crippen LogP contribution in [0, 0.1) is 6.92 Å². The molecule has 112 valence electrons. The van der Waals surface area contributed by atoms with Crippen LogP contribution >= 0.6 is 23.8 Å². The molecule has 0 aliphatic rings. The van der Waals surface area contributed by atoms with Crippen molar-refractivity contribution in [2.75, 3.05) is 5.32 Å². The van der Waals surface area contributed by atoms with E-state index in [0.717, 1.165) is 11.3 Å². The van der Waals surface area contributed by atoms with E-state index >= 15 is 0 Å². The van der Waals surface area contributed by atoms with Crippen molar-refractivity contribution >= 4 is 46.7 Å². The van der Waals surface area contributed by atoms with Gasteiger partial charge in [0, 0.05) is 16.8 Å². The number of thiocarbonyl (C=S) groups is 1. The number of carbonyl (C=O) groups is 1. The summed E-state index contributed by atoms with van der Waals surface area (Å²) in [6.07, 6.45) is 3.08. The topological polar surface area (TPSA) is 54.0 Å². The number of benzene rings is 1. The normalized spacial score (nSPS) is 10.5. The van der Waals surface area contributed by atoms with E-state index in [1.807, 2.05) is 31.2 Å². The highest BCUT2D eigenvalue weighted by molar-refractivity contribution is 7.80. The van der Waals surface area contributed by atoms with Crippen LogP contribution in [0.2, 0.25) is 5.02 Å². The van der Waals surface area contributed by atoms with Crippen LogP contribution in [0.15, 0.2) is 48.5 Å². The van der Waals surface area contributed by atoms with Crippen LogP contribution in [0.1, 0.15) is 11.3 Å². The molecule has 22 heavy (non-hydrogen) atoms. The van der Waals surface area contributed by atoms with Gasteiger partial charge in [0.05, 0.1) is 0 Å². The van der Waals surface area contributed by atoms with Crippen LogP contribution in [0.25, 0.3) is 6.08 Å². The van der Waals surface area contributed by atoms with Crippen molar-refractivity contribution in [2.45, 2.75) is 6.92 Å². The zero-order valence-corrected chi connectivity index (χ0v) is 13.4. The summed E-state index contributed by atoms with van der Waals surface area (Å²) in [6, 6.07) is 12.7. The molecule has 6 heteroatoms. The second kappa shape index (κ2) is 7.68. The molecular weight excluding hydrogens is 318 g/mol. The largest absolute Gasteiger partial charge is 0.317 e. The van der Waals surface area contributed by atoms with Gasteiger partial charge in [-0.2, -0.15) is 0 Å². The van der Waals surface area contributed by atoms with Crippen LogP contribution in [0.5, 0.6) is 0 Å². The molecule has 0 spiro atoms. The van der Waals surface area contributed by atoms with E-state index in [9.17, 15) is 4.79 Å².